The van der Waals surface area contributed by atoms with Crippen LogP contribution in [-0.2, 0) is 17.8 Å². The third-order valence-electron chi connectivity index (χ3n) is 5.63. The molecule has 0 unspecified atom stereocenters. The first-order chi connectivity index (χ1) is 15.7. The largest absolute Gasteiger partial charge is 0.394 e. The van der Waals surface area contributed by atoms with Gasteiger partial charge in [-0.15, -0.1) is 0 Å². The fraction of sp³-hybridized carbons (Fsp3) is 0.296. The highest BCUT2D eigenvalue weighted by atomic mass is 16.5. The average Bonchev–Trinajstić information content (AvgIpc) is 3.33. The van der Waals surface area contributed by atoms with Crippen molar-refractivity contribution in [3.63, 3.8) is 0 Å². The Morgan fingerprint density at radius 2 is 1.38 bits per heavy atom. The van der Waals surface area contributed by atoms with Crippen molar-refractivity contribution in [3.8, 4) is 0 Å². The van der Waals surface area contributed by atoms with Crippen LogP contribution in [0.4, 0.5) is 0 Å². The van der Waals surface area contributed by atoms with Crippen LogP contribution in [0.1, 0.15) is 17.5 Å². The molecule has 1 saturated heterocycles. The van der Waals surface area contributed by atoms with Crippen molar-refractivity contribution in [2.24, 2.45) is 5.92 Å². The van der Waals surface area contributed by atoms with Crippen molar-refractivity contribution in [2.75, 3.05) is 19.7 Å². The van der Waals surface area contributed by atoms with Gasteiger partial charge in [-0.25, -0.2) is 5.06 Å². The molecule has 1 aliphatic heterocycles. The molecule has 0 saturated carbocycles. The molecule has 2 N–H and O–H groups in total. The van der Waals surface area contributed by atoms with Gasteiger partial charge in [0.1, 0.15) is 0 Å². The maximum atomic E-state index is 12.7. The molecule has 5 nitrogen and oxygen atoms in total. The highest BCUT2D eigenvalue weighted by Crippen LogP contribution is 2.22. The predicted molar refractivity (Wildman–Crippen MR) is 126 cm³/mol. The number of benzene rings is 3. The molecule has 1 amide bonds. The van der Waals surface area contributed by atoms with E-state index in [1.54, 1.807) is 0 Å². The number of carbonyl (C=O) groups excluding carboxylic acids is 1. The normalized spacial score (nSPS) is 16.6. The van der Waals surface area contributed by atoms with E-state index in [-0.39, 0.29) is 18.4 Å². The molecule has 0 bridgehead atoms. The summed E-state index contributed by atoms with van der Waals surface area (Å²) in [6.07, 6.45) is 1.16. The van der Waals surface area contributed by atoms with Gasteiger partial charge in [-0.3, -0.25) is 14.9 Å². The number of carbonyl (C=O) groups is 1. The number of aliphatic hydroxyl groups is 1. The van der Waals surface area contributed by atoms with Crippen LogP contribution < -0.4 is 0 Å². The summed E-state index contributed by atoms with van der Waals surface area (Å²) in [5, 5.41) is 20.8. The molecule has 2 atom stereocenters. The molecule has 0 aliphatic carbocycles. The zero-order valence-corrected chi connectivity index (χ0v) is 18.3. The van der Waals surface area contributed by atoms with Crippen LogP contribution >= 0.6 is 0 Å². The van der Waals surface area contributed by atoms with E-state index in [4.69, 9.17) is 0 Å². The van der Waals surface area contributed by atoms with Gasteiger partial charge >= 0.3 is 0 Å². The van der Waals surface area contributed by atoms with Gasteiger partial charge in [0.05, 0.1) is 18.6 Å². The Morgan fingerprint density at radius 3 is 1.91 bits per heavy atom. The number of amides is 1. The SMILES string of the molecule is O=C([C@H]1CCN(Cc2ccccc2)C1)N(O)[C@H](CO)Cc1ccccc1.c1ccccc1. The van der Waals surface area contributed by atoms with Crippen molar-refractivity contribution < 1.29 is 15.1 Å². The fourth-order valence-electron chi connectivity index (χ4n) is 3.89. The Hall–Kier alpha value is -2.99. The van der Waals surface area contributed by atoms with E-state index in [1.165, 1.54) is 5.56 Å². The van der Waals surface area contributed by atoms with Crippen molar-refractivity contribution in [1.29, 1.82) is 0 Å². The van der Waals surface area contributed by atoms with E-state index < -0.39 is 6.04 Å². The van der Waals surface area contributed by atoms with Crippen LogP contribution in [0, 0.1) is 5.92 Å². The van der Waals surface area contributed by atoms with Gasteiger partial charge in [0.2, 0.25) is 0 Å². The molecule has 1 heterocycles. The highest BCUT2D eigenvalue weighted by molar-refractivity contribution is 5.78. The number of hydrogen-bond acceptors (Lipinski definition) is 4. The number of hydrogen-bond donors (Lipinski definition) is 2. The second-order valence-corrected chi connectivity index (χ2v) is 8.07. The summed E-state index contributed by atoms with van der Waals surface area (Å²) in [7, 11) is 0. The molecule has 0 radical (unpaired) electrons. The van der Waals surface area contributed by atoms with Gasteiger partial charge in [0.25, 0.3) is 5.91 Å². The van der Waals surface area contributed by atoms with Crippen LogP contribution in [0.3, 0.4) is 0 Å². The molecule has 0 aromatic heterocycles. The topological polar surface area (TPSA) is 64.0 Å². The monoisotopic (exact) mass is 432 g/mol. The van der Waals surface area contributed by atoms with Gasteiger partial charge in [-0.2, -0.15) is 0 Å². The molecule has 1 aliphatic rings. The lowest BCUT2D eigenvalue weighted by Gasteiger charge is -2.27. The van der Waals surface area contributed by atoms with Gasteiger partial charge in [-0.1, -0.05) is 97.1 Å². The molecule has 1 fully saturated rings. The molecule has 4 rings (SSSR count). The molecule has 3 aromatic rings. The smallest absolute Gasteiger partial charge is 0.250 e. The van der Waals surface area contributed by atoms with E-state index >= 15 is 0 Å². The minimum atomic E-state index is -0.618. The Morgan fingerprint density at radius 1 is 0.875 bits per heavy atom. The minimum absolute atomic E-state index is 0.228. The van der Waals surface area contributed by atoms with E-state index in [1.807, 2.05) is 84.9 Å². The van der Waals surface area contributed by atoms with Crippen molar-refractivity contribution in [3.05, 3.63) is 108 Å². The number of hydroxylamine groups is 2. The second-order valence-electron chi connectivity index (χ2n) is 8.07. The van der Waals surface area contributed by atoms with E-state index in [9.17, 15) is 15.1 Å². The van der Waals surface area contributed by atoms with Crippen molar-refractivity contribution >= 4 is 5.91 Å². The number of aliphatic hydroxyl groups excluding tert-OH is 1. The lowest BCUT2D eigenvalue weighted by atomic mass is 10.0. The minimum Gasteiger partial charge on any atom is -0.394 e. The van der Waals surface area contributed by atoms with Crippen molar-refractivity contribution in [2.45, 2.75) is 25.4 Å². The summed E-state index contributed by atoms with van der Waals surface area (Å²) < 4.78 is 0. The molecule has 32 heavy (non-hydrogen) atoms. The zero-order valence-electron chi connectivity index (χ0n) is 18.3. The third-order valence-corrected chi connectivity index (χ3v) is 5.63. The summed E-state index contributed by atoms with van der Waals surface area (Å²) in [5.41, 5.74) is 2.20. The Labute approximate surface area is 190 Å². The van der Waals surface area contributed by atoms with E-state index in [0.717, 1.165) is 30.1 Å². The number of nitrogens with zero attached hydrogens (tertiary/aromatic N) is 2. The lowest BCUT2D eigenvalue weighted by molar-refractivity contribution is -0.183. The summed E-state index contributed by atoms with van der Waals surface area (Å²) in [6.45, 7) is 2.01. The molecular weight excluding hydrogens is 400 g/mol. The standard InChI is InChI=1S/C21H26N2O3.C6H6/c24-16-20(13-17-7-3-1-4-8-17)23(26)21(25)19-11-12-22(15-19)14-18-9-5-2-6-10-18;1-2-4-6-5-3-1/h1-10,19-20,24,26H,11-16H2;1-6H/t19-,20-;/m0./s1. The van der Waals surface area contributed by atoms with Crippen LogP contribution in [-0.4, -0.2) is 51.9 Å². The summed E-state index contributed by atoms with van der Waals surface area (Å²) >= 11 is 0. The maximum absolute atomic E-state index is 12.7. The second kappa shape index (κ2) is 12.8. The molecule has 0 spiro atoms. The van der Waals surface area contributed by atoms with E-state index in [0.29, 0.717) is 13.0 Å². The summed E-state index contributed by atoms with van der Waals surface area (Å²) in [6, 6.07) is 31.1. The van der Waals surface area contributed by atoms with Crippen LogP contribution in [0.15, 0.2) is 97.1 Å². The quantitative estimate of drug-likeness (QED) is 0.437. The Kier molecular flexibility index (Phi) is 9.44. The third kappa shape index (κ3) is 7.31. The lowest BCUT2D eigenvalue weighted by Crippen LogP contribution is -2.45. The van der Waals surface area contributed by atoms with Crippen LogP contribution in [0.25, 0.3) is 0 Å². The summed E-state index contributed by atoms with van der Waals surface area (Å²) in [4.78, 5) is 14.9. The Balaban J connectivity index is 0.000000416. The predicted octanol–water partition coefficient (Wildman–Crippen LogP) is 4.02. The zero-order chi connectivity index (χ0) is 22.6. The maximum Gasteiger partial charge on any atom is 0.250 e. The molecular formula is C27H32N2O3. The summed E-state index contributed by atoms with van der Waals surface area (Å²) in [5.74, 6) is -0.524. The molecule has 3 aromatic carbocycles. The highest BCUT2D eigenvalue weighted by Gasteiger charge is 2.33. The molecule has 168 valence electrons. The van der Waals surface area contributed by atoms with Crippen LogP contribution in [0.2, 0.25) is 0 Å². The van der Waals surface area contributed by atoms with Gasteiger partial charge < -0.3 is 5.11 Å². The Bertz CT molecular complexity index is 879. The number of rotatable bonds is 7. The van der Waals surface area contributed by atoms with E-state index in [2.05, 4.69) is 17.0 Å². The van der Waals surface area contributed by atoms with Crippen LogP contribution in [0.5, 0.6) is 0 Å². The fourth-order valence-corrected chi connectivity index (χ4v) is 3.89. The average molecular weight is 433 g/mol. The first kappa shape index (κ1) is 23.7. The van der Waals surface area contributed by atoms with Crippen molar-refractivity contribution in [1.82, 2.24) is 9.96 Å². The number of likely N-dealkylation sites (tertiary alicyclic amines) is 1. The van der Waals surface area contributed by atoms with Gasteiger partial charge in [0, 0.05) is 13.1 Å². The molecule has 5 heteroatoms. The first-order valence-corrected chi connectivity index (χ1v) is 11.1. The first-order valence-electron chi connectivity index (χ1n) is 11.1. The van der Waals surface area contributed by atoms with Gasteiger partial charge in [-0.05, 0) is 30.5 Å². The van der Waals surface area contributed by atoms with Gasteiger partial charge in [0.15, 0.2) is 0 Å².